The zero-order valence-corrected chi connectivity index (χ0v) is 9.67. The molecule has 0 saturated carbocycles. The van der Waals surface area contributed by atoms with Crippen molar-refractivity contribution in [2.24, 2.45) is 0 Å². The number of aliphatic hydroxyl groups is 2. The Morgan fingerprint density at radius 1 is 1.29 bits per heavy atom. The van der Waals surface area contributed by atoms with E-state index in [-0.39, 0.29) is 19.1 Å². The van der Waals surface area contributed by atoms with Crippen molar-refractivity contribution >= 4 is 5.91 Å². The Hall–Kier alpha value is -1.59. The number of para-hydroxylation sites is 1. The van der Waals surface area contributed by atoms with Crippen LogP contribution in [-0.2, 0) is 4.79 Å². The summed E-state index contributed by atoms with van der Waals surface area (Å²) in [6.07, 6.45) is -0.682. The molecule has 17 heavy (non-hydrogen) atoms. The lowest BCUT2D eigenvalue weighted by Gasteiger charge is -2.18. The second kappa shape index (κ2) is 6.88. The molecule has 0 aromatic heterocycles. The Balaban J connectivity index is 2.47. The van der Waals surface area contributed by atoms with E-state index < -0.39 is 12.1 Å². The standard InChI is InChI=1S/C12H17NO4/c1-9(12(16)13-10(7-14)8-15)17-11-5-3-2-4-6-11/h2-6,9-10,14-15H,7-8H2,1H3,(H,13,16). The van der Waals surface area contributed by atoms with Crippen LogP contribution in [0.25, 0.3) is 0 Å². The van der Waals surface area contributed by atoms with Crippen LogP contribution in [0.15, 0.2) is 30.3 Å². The van der Waals surface area contributed by atoms with E-state index in [1.54, 1.807) is 19.1 Å². The van der Waals surface area contributed by atoms with Crippen LogP contribution < -0.4 is 10.1 Å². The number of ether oxygens (including phenoxy) is 1. The van der Waals surface area contributed by atoms with E-state index in [9.17, 15) is 4.79 Å². The first-order chi connectivity index (χ1) is 8.17. The molecule has 94 valence electrons. The summed E-state index contributed by atoms with van der Waals surface area (Å²) in [6.45, 7) is 0.995. The number of rotatable bonds is 6. The molecule has 1 amide bonds. The molecule has 0 aliphatic heterocycles. The van der Waals surface area contributed by atoms with Gasteiger partial charge in [-0.25, -0.2) is 0 Å². The molecule has 5 nitrogen and oxygen atoms in total. The van der Waals surface area contributed by atoms with Gasteiger partial charge in [0.25, 0.3) is 5.91 Å². The van der Waals surface area contributed by atoms with E-state index in [4.69, 9.17) is 14.9 Å². The number of hydrogen-bond donors (Lipinski definition) is 3. The van der Waals surface area contributed by atoms with Crippen molar-refractivity contribution in [3.8, 4) is 5.75 Å². The van der Waals surface area contributed by atoms with E-state index in [0.717, 1.165) is 0 Å². The highest BCUT2D eigenvalue weighted by molar-refractivity contribution is 5.81. The topological polar surface area (TPSA) is 78.8 Å². The van der Waals surface area contributed by atoms with Crippen molar-refractivity contribution < 1.29 is 19.7 Å². The molecule has 0 fully saturated rings. The van der Waals surface area contributed by atoms with Gasteiger partial charge in [0.1, 0.15) is 5.75 Å². The summed E-state index contributed by atoms with van der Waals surface area (Å²) in [6, 6.07) is 8.32. The first kappa shape index (κ1) is 13.5. The smallest absolute Gasteiger partial charge is 0.261 e. The average molecular weight is 239 g/mol. The first-order valence-electron chi connectivity index (χ1n) is 5.41. The number of amides is 1. The van der Waals surface area contributed by atoms with Crippen LogP contribution in [0, 0.1) is 0 Å². The third-order valence-corrected chi connectivity index (χ3v) is 2.21. The summed E-state index contributed by atoms with van der Waals surface area (Å²) in [5.41, 5.74) is 0. The second-order valence-electron chi connectivity index (χ2n) is 3.64. The zero-order valence-electron chi connectivity index (χ0n) is 9.67. The van der Waals surface area contributed by atoms with Gasteiger partial charge in [-0.1, -0.05) is 18.2 Å². The molecule has 1 rings (SSSR count). The van der Waals surface area contributed by atoms with Gasteiger partial charge in [-0.3, -0.25) is 4.79 Å². The van der Waals surface area contributed by atoms with Gasteiger partial charge in [0.05, 0.1) is 19.3 Å². The normalized spacial score (nSPS) is 12.2. The van der Waals surface area contributed by atoms with Crippen LogP contribution in [0.2, 0.25) is 0 Å². The quantitative estimate of drug-likeness (QED) is 0.649. The molecule has 3 N–H and O–H groups in total. The fraction of sp³-hybridized carbons (Fsp3) is 0.417. The highest BCUT2D eigenvalue weighted by Crippen LogP contribution is 2.10. The van der Waals surface area contributed by atoms with Gasteiger partial charge in [-0.2, -0.15) is 0 Å². The van der Waals surface area contributed by atoms with Gasteiger partial charge < -0.3 is 20.3 Å². The van der Waals surface area contributed by atoms with Crippen molar-refractivity contribution in [1.82, 2.24) is 5.32 Å². The van der Waals surface area contributed by atoms with Gasteiger partial charge in [0, 0.05) is 0 Å². The Bertz CT molecular complexity index is 338. The molecule has 0 aliphatic rings. The van der Waals surface area contributed by atoms with Crippen LogP contribution >= 0.6 is 0 Å². The summed E-state index contributed by atoms with van der Waals surface area (Å²) < 4.78 is 5.39. The third-order valence-electron chi connectivity index (χ3n) is 2.21. The van der Waals surface area contributed by atoms with Crippen LogP contribution in [0.5, 0.6) is 5.75 Å². The molecule has 1 aromatic carbocycles. The molecule has 0 bridgehead atoms. The van der Waals surface area contributed by atoms with Crippen LogP contribution in [-0.4, -0.2) is 41.5 Å². The van der Waals surface area contributed by atoms with Gasteiger partial charge in [-0.15, -0.1) is 0 Å². The van der Waals surface area contributed by atoms with Crippen molar-refractivity contribution in [3.63, 3.8) is 0 Å². The predicted molar refractivity (Wildman–Crippen MR) is 62.6 cm³/mol. The van der Waals surface area contributed by atoms with Crippen molar-refractivity contribution in [1.29, 1.82) is 0 Å². The highest BCUT2D eigenvalue weighted by atomic mass is 16.5. The number of nitrogens with one attached hydrogen (secondary N) is 1. The fourth-order valence-electron chi connectivity index (χ4n) is 1.22. The molecule has 1 aromatic rings. The Morgan fingerprint density at radius 2 is 1.88 bits per heavy atom. The van der Waals surface area contributed by atoms with E-state index in [1.807, 2.05) is 18.2 Å². The summed E-state index contributed by atoms with van der Waals surface area (Å²) in [7, 11) is 0. The number of carbonyl (C=O) groups is 1. The molecule has 0 radical (unpaired) electrons. The van der Waals surface area contributed by atoms with E-state index >= 15 is 0 Å². The van der Waals surface area contributed by atoms with Crippen molar-refractivity contribution in [2.75, 3.05) is 13.2 Å². The molecule has 0 saturated heterocycles. The minimum atomic E-state index is -0.682. The number of hydrogen-bond acceptors (Lipinski definition) is 4. The predicted octanol–water partition coefficient (Wildman–Crippen LogP) is -0.0767. The highest BCUT2D eigenvalue weighted by Gasteiger charge is 2.17. The Morgan fingerprint density at radius 3 is 2.41 bits per heavy atom. The molecular weight excluding hydrogens is 222 g/mol. The molecule has 0 spiro atoms. The largest absolute Gasteiger partial charge is 0.481 e. The maximum Gasteiger partial charge on any atom is 0.261 e. The lowest BCUT2D eigenvalue weighted by atomic mass is 10.3. The Kier molecular flexibility index (Phi) is 5.45. The fourth-order valence-corrected chi connectivity index (χ4v) is 1.22. The van der Waals surface area contributed by atoms with Crippen LogP contribution in [0.3, 0.4) is 0 Å². The third kappa shape index (κ3) is 4.42. The van der Waals surface area contributed by atoms with Crippen LogP contribution in [0.4, 0.5) is 0 Å². The van der Waals surface area contributed by atoms with Gasteiger partial charge in [0.2, 0.25) is 0 Å². The van der Waals surface area contributed by atoms with Crippen molar-refractivity contribution in [2.45, 2.75) is 19.1 Å². The van der Waals surface area contributed by atoms with Gasteiger partial charge >= 0.3 is 0 Å². The molecule has 5 heteroatoms. The molecule has 1 atom stereocenters. The summed E-state index contributed by atoms with van der Waals surface area (Å²) in [5, 5.41) is 20.1. The minimum absolute atomic E-state index is 0.305. The molecule has 0 aliphatic carbocycles. The summed E-state index contributed by atoms with van der Waals surface area (Å²) in [4.78, 5) is 11.6. The second-order valence-corrected chi connectivity index (χ2v) is 3.64. The molecule has 0 heterocycles. The number of benzene rings is 1. The maximum absolute atomic E-state index is 11.6. The van der Waals surface area contributed by atoms with Gasteiger partial charge in [-0.05, 0) is 19.1 Å². The molecule has 1 unspecified atom stereocenters. The molecular formula is C12H17NO4. The SMILES string of the molecule is CC(Oc1ccccc1)C(=O)NC(CO)CO. The Labute approximate surface area is 100 Å². The summed E-state index contributed by atoms with van der Waals surface area (Å²) in [5.74, 6) is 0.224. The van der Waals surface area contributed by atoms with E-state index in [0.29, 0.717) is 5.75 Å². The maximum atomic E-state index is 11.6. The monoisotopic (exact) mass is 239 g/mol. The summed E-state index contributed by atoms with van der Waals surface area (Å²) >= 11 is 0. The van der Waals surface area contributed by atoms with E-state index in [1.165, 1.54) is 0 Å². The zero-order chi connectivity index (χ0) is 12.7. The average Bonchev–Trinajstić information content (AvgIpc) is 2.36. The van der Waals surface area contributed by atoms with E-state index in [2.05, 4.69) is 5.32 Å². The van der Waals surface area contributed by atoms with Crippen molar-refractivity contribution in [3.05, 3.63) is 30.3 Å². The first-order valence-corrected chi connectivity index (χ1v) is 5.41. The number of carbonyl (C=O) groups excluding carboxylic acids is 1. The van der Waals surface area contributed by atoms with Gasteiger partial charge in [0.15, 0.2) is 6.10 Å². The van der Waals surface area contributed by atoms with Crippen LogP contribution in [0.1, 0.15) is 6.92 Å². The number of aliphatic hydroxyl groups excluding tert-OH is 2. The minimum Gasteiger partial charge on any atom is -0.481 e. The lowest BCUT2D eigenvalue weighted by Crippen LogP contribution is -2.45. The lowest BCUT2D eigenvalue weighted by molar-refractivity contribution is -0.128.